The highest BCUT2D eigenvalue weighted by molar-refractivity contribution is 6.09. The van der Waals surface area contributed by atoms with Gasteiger partial charge in [-0.25, -0.2) is 4.68 Å². The van der Waals surface area contributed by atoms with E-state index in [0.29, 0.717) is 18.9 Å². The maximum absolute atomic E-state index is 5.87. The normalized spacial score (nSPS) is 11.4. The van der Waals surface area contributed by atoms with E-state index >= 15 is 0 Å². The summed E-state index contributed by atoms with van der Waals surface area (Å²) in [6, 6.07) is 15.4. The maximum Gasteiger partial charge on any atom is 0.146 e. The Hall–Kier alpha value is -3.32. The molecular weight excluding hydrogens is 378 g/mol. The SMILES string of the molecule is Cc1c(/C=N/n2cnnc2)c2ccccc2n1CCOc1ccc(OCl)cc1. The molecule has 0 fully saturated rings. The van der Waals surface area contributed by atoms with Crippen molar-refractivity contribution in [2.24, 2.45) is 5.10 Å². The Morgan fingerprint density at radius 2 is 1.75 bits per heavy atom. The van der Waals surface area contributed by atoms with Crippen LogP contribution in [0, 0.1) is 6.92 Å². The van der Waals surface area contributed by atoms with Crippen LogP contribution < -0.4 is 9.03 Å². The van der Waals surface area contributed by atoms with Gasteiger partial charge in [-0.2, -0.15) is 5.10 Å². The van der Waals surface area contributed by atoms with Crippen LogP contribution in [-0.2, 0) is 6.54 Å². The molecule has 142 valence electrons. The second-order valence-corrected chi connectivity index (χ2v) is 6.31. The molecule has 4 aromatic rings. The predicted octanol–water partition coefficient (Wildman–Crippen LogP) is 4.04. The summed E-state index contributed by atoms with van der Waals surface area (Å²) in [6.45, 7) is 3.32. The lowest BCUT2D eigenvalue weighted by Crippen LogP contribution is -2.09. The zero-order chi connectivity index (χ0) is 19.3. The number of para-hydroxylation sites is 1. The van der Waals surface area contributed by atoms with E-state index < -0.39 is 0 Å². The van der Waals surface area contributed by atoms with Crippen LogP contribution in [0.25, 0.3) is 10.9 Å². The molecule has 0 unspecified atom stereocenters. The molecule has 0 aliphatic carbocycles. The van der Waals surface area contributed by atoms with Gasteiger partial charge in [-0.15, -0.1) is 10.2 Å². The molecular formula is C20H18ClN5O2. The van der Waals surface area contributed by atoms with Gasteiger partial charge in [0.1, 0.15) is 42.6 Å². The molecule has 28 heavy (non-hydrogen) atoms. The summed E-state index contributed by atoms with van der Waals surface area (Å²) in [5.74, 6) is 1.35. The van der Waals surface area contributed by atoms with Gasteiger partial charge < -0.3 is 13.6 Å². The van der Waals surface area contributed by atoms with E-state index in [1.165, 1.54) is 0 Å². The average molecular weight is 396 g/mol. The molecule has 2 aromatic carbocycles. The smallest absolute Gasteiger partial charge is 0.146 e. The van der Waals surface area contributed by atoms with Crippen LogP contribution in [0.15, 0.2) is 66.3 Å². The first-order valence-electron chi connectivity index (χ1n) is 8.74. The van der Waals surface area contributed by atoms with Crippen LogP contribution in [-0.4, -0.2) is 32.3 Å². The lowest BCUT2D eigenvalue weighted by atomic mass is 10.1. The number of benzene rings is 2. The lowest BCUT2D eigenvalue weighted by Gasteiger charge is -2.10. The van der Waals surface area contributed by atoms with Crippen molar-refractivity contribution in [2.45, 2.75) is 13.5 Å². The first-order chi connectivity index (χ1) is 13.8. The van der Waals surface area contributed by atoms with Crippen molar-refractivity contribution in [3.63, 3.8) is 0 Å². The molecule has 0 saturated heterocycles. The molecule has 0 aliphatic rings. The van der Waals surface area contributed by atoms with Gasteiger partial charge in [0.2, 0.25) is 0 Å². The van der Waals surface area contributed by atoms with E-state index in [1.54, 1.807) is 29.5 Å². The number of halogens is 1. The van der Waals surface area contributed by atoms with Gasteiger partial charge in [0, 0.05) is 22.2 Å². The molecule has 7 nitrogen and oxygen atoms in total. The third-order valence-corrected chi connectivity index (χ3v) is 4.68. The Balaban J connectivity index is 1.55. The van der Waals surface area contributed by atoms with Crippen LogP contribution in [0.3, 0.4) is 0 Å². The fourth-order valence-corrected chi connectivity index (χ4v) is 3.23. The van der Waals surface area contributed by atoms with Crippen LogP contribution in [0.1, 0.15) is 11.3 Å². The second-order valence-electron chi connectivity index (χ2n) is 6.15. The van der Waals surface area contributed by atoms with Crippen molar-refractivity contribution in [2.75, 3.05) is 6.61 Å². The van der Waals surface area contributed by atoms with Crippen molar-refractivity contribution < 1.29 is 9.03 Å². The molecule has 0 aliphatic heterocycles. The van der Waals surface area contributed by atoms with Crippen LogP contribution in [0.4, 0.5) is 0 Å². The van der Waals surface area contributed by atoms with Gasteiger partial charge in [-0.3, -0.25) is 0 Å². The highest BCUT2D eigenvalue weighted by Crippen LogP contribution is 2.25. The number of hydrogen-bond acceptors (Lipinski definition) is 5. The number of aromatic nitrogens is 4. The van der Waals surface area contributed by atoms with Crippen molar-refractivity contribution >= 4 is 29.0 Å². The summed E-state index contributed by atoms with van der Waals surface area (Å²) in [5, 5.41) is 13.1. The molecule has 0 bridgehead atoms. The molecule has 0 spiro atoms. The summed E-state index contributed by atoms with van der Waals surface area (Å²) >= 11 is 5.33. The summed E-state index contributed by atoms with van der Waals surface area (Å²) in [7, 11) is 0. The van der Waals surface area contributed by atoms with Gasteiger partial charge >= 0.3 is 0 Å². The Bertz CT molecular complexity index is 1090. The molecule has 8 heteroatoms. The molecule has 4 rings (SSSR count). The first kappa shape index (κ1) is 18.1. The highest BCUT2D eigenvalue weighted by Gasteiger charge is 2.12. The van der Waals surface area contributed by atoms with E-state index in [4.69, 9.17) is 16.6 Å². The fourth-order valence-electron chi connectivity index (χ4n) is 3.13. The van der Waals surface area contributed by atoms with E-state index in [9.17, 15) is 0 Å². The largest absolute Gasteiger partial charge is 0.492 e. The Morgan fingerprint density at radius 3 is 2.50 bits per heavy atom. The van der Waals surface area contributed by atoms with Crippen molar-refractivity contribution in [1.29, 1.82) is 0 Å². The predicted molar refractivity (Wildman–Crippen MR) is 108 cm³/mol. The molecule has 0 atom stereocenters. The Labute approximate surface area is 167 Å². The minimum atomic E-state index is 0.530. The van der Waals surface area contributed by atoms with Gasteiger partial charge in [0.25, 0.3) is 0 Å². The molecule has 0 saturated carbocycles. The van der Waals surface area contributed by atoms with Crippen LogP contribution >= 0.6 is 11.9 Å². The number of nitrogens with zero attached hydrogens (tertiary/aromatic N) is 5. The van der Waals surface area contributed by atoms with Gasteiger partial charge in [-0.05, 0) is 37.3 Å². The number of hydrogen-bond donors (Lipinski definition) is 0. The van der Waals surface area contributed by atoms with Gasteiger partial charge in [0.05, 0.1) is 12.8 Å². The third kappa shape index (κ3) is 3.70. The van der Waals surface area contributed by atoms with E-state index in [-0.39, 0.29) is 0 Å². The number of ether oxygens (including phenoxy) is 1. The van der Waals surface area contributed by atoms with Gasteiger partial charge in [-0.1, -0.05) is 18.2 Å². The van der Waals surface area contributed by atoms with E-state index in [2.05, 4.69) is 43.2 Å². The highest BCUT2D eigenvalue weighted by atomic mass is 35.5. The second kappa shape index (κ2) is 8.14. The maximum atomic E-state index is 5.87. The van der Waals surface area contributed by atoms with E-state index in [0.717, 1.165) is 27.9 Å². The summed E-state index contributed by atoms with van der Waals surface area (Å²) < 4.78 is 14.3. The molecule has 2 aromatic heterocycles. The molecule has 2 heterocycles. The zero-order valence-electron chi connectivity index (χ0n) is 15.2. The first-order valence-corrected chi connectivity index (χ1v) is 9.05. The van der Waals surface area contributed by atoms with E-state index in [1.807, 2.05) is 30.5 Å². The average Bonchev–Trinajstić information content (AvgIpc) is 3.34. The molecule has 0 radical (unpaired) electrons. The quantitative estimate of drug-likeness (QED) is 0.443. The standard InChI is InChI=1S/C20H18ClN5O2/c1-15-19(12-24-25-13-22-23-14-25)18-4-2-3-5-20(18)26(15)10-11-27-16-6-8-17(28-21)9-7-16/h2-9,12-14H,10-11H2,1H3/b24-12+. The monoisotopic (exact) mass is 395 g/mol. The Morgan fingerprint density at radius 1 is 1.04 bits per heavy atom. The third-order valence-electron chi connectivity index (χ3n) is 4.50. The topological polar surface area (TPSA) is 66.5 Å². The minimum Gasteiger partial charge on any atom is -0.492 e. The molecule has 0 amide bonds. The lowest BCUT2D eigenvalue weighted by molar-refractivity contribution is 0.299. The summed E-state index contributed by atoms with van der Waals surface area (Å²) in [4.78, 5) is 0. The summed E-state index contributed by atoms with van der Waals surface area (Å²) in [6.07, 6.45) is 4.95. The van der Waals surface area contributed by atoms with Crippen molar-refractivity contribution in [3.05, 3.63) is 72.4 Å². The molecule has 0 N–H and O–H groups in total. The minimum absolute atomic E-state index is 0.530. The Kier molecular flexibility index (Phi) is 5.25. The van der Waals surface area contributed by atoms with Gasteiger partial charge in [0.15, 0.2) is 0 Å². The number of fused-ring (bicyclic) bond motifs is 1. The van der Waals surface area contributed by atoms with Crippen molar-refractivity contribution in [3.8, 4) is 11.5 Å². The number of rotatable bonds is 7. The van der Waals surface area contributed by atoms with Crippen molar-refractivity contribution in [1.82, 2.24) is 19.4 Å². The summed E-state index contributed by atoms with van der Waals surface area (Å²) in [5.41, 5.74) is 3.32. The zero-order valence-corrected chi connectivity index (χ0v) is 16.0. The van der Waals surface area contributed by atoms with Crippen LogP contribution in [0.2, 0.25) is 0 Å². The van der Waals surface area contributed by atoms with Crippen LogP contribution in [0.5, 0.6) is 11.5 Å². The fraction of sp³-hybridized carbons (Fsp3) is 0.150.